The Labute approximate surface area is 180 Å². The highest BCUT2D eigenvalue weighted by molar-refractivity contribution is 5.98. The first-order valence-electron chi connectivity index (χ1n) is 9.88. The molecular weight excluding hydrogens is 396 g/mol. The van der Waals surface area contributed by atoms with Crippen molar-refractivity contribution >= 4 is 34.2 Å². The number of methoxy groups -OCH3 is 1. The monoisotopic (exact) mass is 420 g/mol. The Kier molecular flexibility index (Phi) is 7.22. The van der Waals surface area contributed by atoms with E-state index in [4.69, 9.17) is 9.47 Å². The van der Waals surface area contributed by atoms with Gasteiger partial charge in [0.2, 0.25) is 0 Å². The molecule has 1 atom stereocenters. The molecule has 31 heavy (non-hydrogen) atoms. The van der Waals surface area contributed by atoms with Gasteiger partial charge in [-0.2, -0.15) is 0 Å². The lowest BCUT2D eigenvalue weighted by molar-refractivity contribution is -0.153. The number of anilines is 1. The number of hydrogen-bond donors (Lipinski definition) is 2. The minimum atomic E-state index is -0.969. The van der Waals surface area contributed by atoms with Gasteiger partial charge < -0.3 is 20.1 Å². The maximum atomic E-state index is 12.3. The van der Waals surface area contributed by atoms with Crippen LogP contribution >= 0.6 is 0 Å². The number of benzene rings is 3. The number of amides is 2. The molecule has 0 aliphatic rings. The van der Waals surface area contributed by atoms with E-state index in [0.717, 1.165) is 10.8 Å². The minimum absolute atomic E-state index is 0.0610. The number of esters is 1. The van der Waals surface area contributed by atoms with Gasteiger partial charge in [-0.25, -0.2) is 0 Å². The van der Waals surface area contributed by atoms with Crippen LogP contribution in [0.4, 0.5) is 5.69 Å². The van der Waals surface area contributed by atoms with Crippen LogP contribution in [-0.2, 0) is 14.3 Å². The van der Waals surface area contributed by atoms with E-state index in [-0.39, 0.29) is 18.9 Å². The summed E-state index contributed by atoms with van der Waals surface area (Å²) in [5.41, 5.74) is 0.997. The summed E-state index contributed by atoms with van der Waals surface area (Å²) >= 11 is 0. The molecule has 3 aromatic carbocycles. The van der Waals surface area contributed by atoms with Crippen molar-refractivity contribution in [3.63, 3.8) is 0 Å². The normalized spacial score (nSPS) is 11.4. The Bertz CT molecular complexity index is 1100. The molecule has 2 amide bonds. The van der Waals surface area contributed by atoms with Crippen LogP contribution in [0.25, 0.3) is 10.8 Å². The van der Waals surface area contributed by atoms with Crippen LogP contribution in [0.1, 0.15) is 23.7 Å². The second-order valence-electron chi connectivity index (χ2n) is 6.89. The summed E-state index contributed by atoms with van der Waals surface area (Å²) in [6.07, 6.45) is -1.03. The van der Waals surface area contributed by atoms with Crippen molar-refractivity contribution < 1.29 is 23.9 Å². The molecule has 2 N–H and O–H groups in total. The van der Waals surface area contributed by atoms with Gasteiger partial charge in [0.15, 0.2) is 6.10 Å². The van der Waals surface area contributed by atoms with Gasteiger partial charge in [-0.15, -0.1) is 0 Å². The maximum Gasteiger partial charge on any atom is 0.308 e. The lowest BCUT2D eigenvalue weighted by Gasteiger charge is -2.14. The quantitative estimate of drug-likeness (QED) is 0.544. The molecule has 0 unspecified atom stereocenters. The predicted octanol–water partition coefficient (Wildman–Crippen LogP) is 3.54. The van der Waals surface area contributed by atoms with E-state index in [2.05, 4.69) is 10.6 Å². The van der Waals surface area contributed by atoms with Gasteiger partial charge in [0.25, 0.3) is 11.8 Å². The molecule has 160 valence electrons. The number of carbonyl (C=O) groups excluding carboxylic acids is 3. The molecular formula is C24H24N2O5. The average Bonchev–Trinajstić information content (AvgIpc) is 2.78. The number of nitrogens with one attached hydrogen (secondary N) is 2. The summed E-state index contributed by atoms with van der Waals surface area (Å²) < 4.78 is 10.3. The summed E-state index contributed by atoms with van der Waals surface area (Å²) in [5.74, 6) is -0.919. The number of para-hydroxylation sites is 1. The van der Waals surface area contributed by atoms with Crippen LogP contribution in [-0.4, -0.2) is 37.5 Å². The van der Waals surface area contributed by atoms with Crippen LogP contribution < -0.4 is 15.4 Å². The summed E-state index contributed by atoms with van der Waals surface area (Å²) in [7, 11) is 1.48. The Morgan fingerprint density at radius 1 is 0.935 bits per heavy atom. The van der Waals surface area contributed by atoms with E-state index in [1.165, 1.54) is 14.0 Å². The fraction of sp³-hybridized carbons (Fsp3) is 0.208. The van der Waals surface area contributed by atoms with Crippen molar-refractivity contribution in [3.05, 3.63) is 72.3 Å². The molecule has 0 saturated carbocycles. The third-order valence-corrected chi connectivity index (χ3v) is 4.66. The van der Waals surface area contributed by atoms with Gasteiger partial charge in [-0.1, -0.05) is 42.5 Å². The average molecular weight is 420 g/mol. The Morgan fingerprint density at radius 3 is 2.42 bits per heavy atom. The Morgan fingerprint density at radius 2 is 1.65 bits per heavy atom. The van der Waals surface area contributed by atoms with Gasteiger partial charge in [0.05, 0.1) is 19.1 Å². The van der Waals surface area contributed by atoms with Gasteiger partial charge in [0, 0.05) is 12.2 Å². The van der Waals surface area contributed by atoms with Gasteiger partial charge >= 0.3 is 5.97 Å². The fourth-order valence-electron chi connectivity index (χ4n) is 3.03. The second kappa shape index (κ2) is 10.2. The van der Waals surface area contributed by atoms with Crippen molar-refractivity contribution in [2.75, 3.05) is 19.0 Å². The highest BCUT2D eigenvalue weighted by Crippen LogP contribution is 2.19. The Hall–Kier alpha value is -3.87. The number of carbonyl (C=O) groups is 3. The second-order valence-corrected chi connectivity index (χ2v) is 6.89. The van der Waals surface area contributed by atoms with Crippen molar-refractivity contribution in [3.8, 4) is 5.75 Å². The molecule has 0 heterocycles. The first-order valence-corrected chi connectivity index (χ1v) is 9.88. The van der Waals surface area contributed by atoms with Crippen molar-refractivity contribution in [2.24, 2.45) is 0 Å². The van der Waals surface area contributed by atoms with Crippen molar-refractivity contribution in [2.45, 2.75) is 19.4 Å². The third-order valence-electron chi connectivity index (χ3n) is 4.66. The van der Waals surface area contributed by atoms with Gasteiger partial charge in [-0.3, -0.25) is 14.4 Å². The summed E-state index contributed by atoms with van der Waals surface area (Å²) in [5, 5.41) is 7.45. The fourth-order valence-corrected chi connectivity index (χ4v) is 3.03. The number of hydrogen-bond acceptors (Lipinski definition) is 5. The number of fused-ring (bicyclic) bond motifs is 1. The van der Waals surface area contributed by atoms with E-state index in [1.54, 1.807) is 30.3 Å². The zero-order valence-corrected chi connectivity index (χ0v) is 17.4. The first-order chi connectivity index (χ1) is 15.0. The van der Waals surface area contributed by atoms with Crippen LogP contribution in [0.15, 0.2) is 66.7 Å². The van der Waals surface area contributed by atoms with E-state index in [0.29, 0.717) is 17.0 Å². The topological polar surface area (TPSA) is 93.7 Å². The van der Waals surface area contributed by atoms with E-state index >= 15 is 0 Å². The largest absolute Gasteiger partial charge is 0.496 e. The standard InChI is InChI=1S/C24H24N2O5/c1-16(23(28)26-19-12-11-17-7-3-4-8-18(17)15-19)31-22(27)13-14-25-24(29)20-9-5-6-10-21(20)30-2/h3-12,15-16H,13-14H2,1-2H3,(H,25,29)(H,26,28)/t16-/m0/s1. The molecule has 7 heteroatoms. The van der Waals surface area contributed by atoms with E-state index in [9.17, 15) is 14.4 Å². The van der Waals surface area contributed by atoms with Gasteiger partial charge in [-0.05, 0) is 42.0 Å². The molecule has 3 rings (SSSR count). The highest BCUT2D eigenvalue weighted by atomic mass is 16.5. The molecule has 0 fully saturated rings. The molecule has 3 aromatic rings. The van der Waals surface area contributed by atoms with E-state index < -0.39 is 18.0 Å². The molecule has 0 spiro atoms. The summed E-state index contributed by atoms with van der Waals surface area (Å²) in [6.45, 7) is 1.58. The van der Waals surface area contributed by atoms with Crippen molar-refractivity contribution in [1.82, 2.24) is 5.32 Å². The van der Waals surface area contributed by atoms with Gasteiger partial charge in [0.1, 0.15) is 5.75 Å². The van der Waals surface area contributed by atoms with Crippen LogP contribution in [0.5, 0.6) is 5.75 Å². The van der Waals surface area contributed by atoms with Crippen LogP contribution in [0, 0.1) is 0 Å². The van der Waals surface area contributed by atoms with Crippen LogP contribution in [0.2, 0.25) is 0 Å². The minimum Gasteiger partial charge on any atom is -0.496 e. The first kappa shape index (κ1) is 21.8. The molecule has 7 nitrogen and oxygen atoms in total. The lowest BCUT2D eigenvalue weighted by atomic mass is 10.1. The Balaban J connectivity index is 1.46. The van der Waals surface area contributed by atoms with E-state index in [1.807, 2.05) is 36.4 Å². The molecule has 0 saturated heterocycles. The summed E-state index contributed by atoms with van der Waals surface area (Å²) in [4.78, 5) is 36.6. The molecule has 0 aliphatic heterocycles. The molecule has 0 bridgehead atoms. The highest BCUT2D eigenvalue weighted by Gasteiger charge is 2.18. The van der Waals surface area contributed by atoms with Crippen LogP contribution in [0.3, 0.4) is 0 Å². The smallest absolute Gasteiger partial charge is 0.308 e. The number of ether oxygens (including phenoxy) is 2. The zero-order valence-electron chi connectivity index (χ0n) is 17.4. The summed E-state index contributed by atoms with van der Waals surface area (Å²) in [6, 6.07) is 20.2. The maximum absolute atomic E-state index is 12.3. The molecule has 0 aromatic heterocycles. The zero-order chi connectivity index (χ0) is 22.2. The third kappa shape index (κ3) is 5.82. The molecule has 0 radical (unpaired) electrons. The predicted molar refractivity (Wildman–Crippen MR) is 118 cm³/mol. The lowest BCUT2D eigenvalue weighted by Crippen LogP contribution is -2.32. The SMILES string of the molecule is COc1ccccc1C(=O)NCCC(=O)O[C@@H](C)C(=O)Nc1ccc2ccccc2c1. The molecule has 0 aliphatic carbocycles. The number of rotatable bonds is 8. The van der Waals surface area contributed by atoms with Crippen molar-refractivity contribution in [1.29, 1.82) is 0 Å².